The molecule has 2 saturated heterocycles. The van der Waals surface area contributed by atoms with E-state index < -0.39 is 60.5 Å². The molecule has 2 aliphatic heterocycles. The molecule has 1 N–H and O–H groups in total. The van der Waals surface area contributed by atoms with Gasteiger partial charge in [0.2, 0.25) is 6.23 Å². The van der Waals surface area contributed by atoms with Crippen molar-refractivity contribution < 1.29 is 36.0 Å². The maximum absolute atomic E-state index is 16.3. The number of pyridine rings is 1. The Bertz CT molecular complexity index is 1450. The van der Waals surface area contributed by atoms with E-state index >= 15 is 8.78 Å². The van der Waals surface area contributed by atoms with Gasteiger partial charge in [0.15, 0.2) is 16.6 Å². The number of rotatable bonds is 9. The molecule has 0 aliphatic carbocycles. The summed E-state index contributed by atoms with van der Waals surface area (Å²) in [6, 6.07) is 4.78. The Morgan fingerprint density at radius 3 is 2.36 bits per heavy atom. The number of nitrogens with one attached hydrogen (secondary N) is 1. The first kappa shape index (κ1) is 36.0. The van der Waals surface area contributed by atoms with Crippen LogP contribution in [0.4, 0.5) is 14.6 Å². The zero-order valence-corrected chi connectivity index (χ0v) is 30.7. The molecule has 16 heteroatoms. The average molecular weight is 689 g/mol. The van der Waals surface area contributed by atoms with E-state index in [1.165, 1.54) is 6.07 Å². The first-order valence-corrected chi connectivity index (χ1v) is 22.5. The highest BCUT2D eigenvalue weighted by Gasteiger charge is 2.63. The Kier molecular flexibility index (Phi) is 10.1. The first-order chi connectivity index (χ1) is 20.6. The van der Waals surface area contributed by atoms with Crippen LogP contribution in [0.2, 0.25) is 36.3 Å². The second-order valence-electron chi connectivity index (χ2n) is 14.7. The molecule has 2 aromatic heterocycles. The Morgan fingerprint density at radius 2 is 1.78 bits per heavy atom. The lowest BCUT2D eigenvalue weighted by Gasteiger charge is -2.41. The van der Waals surface area contributed by atoms with Crippen molar-refractivity contribution in [3.8, 4) is 0 Å². The molecule has 2 aromatic rings. The predicted molar refractivity (Wildman–Crippen MR) is 172 cm³/mol. The molecule has 0 saturated carbocycles. The van der Waals surface area contributed by atoms with Crippen LogP contribution in [0.3, 0.4) is 0 Å². The van der Waals surface area contributed by atoms with E-state index in [2.05, 4.69) is 35.8 Å². The number of hydrogen-bond donors (Lipinski definition) is 1. The monoisotopic (exact) mass is 688 g/mol. The van der Waals surface area contributed by atoms with Crippen molar-refractivity contribution in [2.75, 3.05) is 18.3 Å². The SMILES string of the molecule is CC(C)(C)[Si](C)(C)OC[C@H]1O[C@@H](n2ccc(NP3(=O)OCCC(c4cccnc4)O3)nc2=O)C(F)(F)[C@@H]1O[Si](C)(C)C(C)(C)C. The van der Waals surface area contributed by atoms with Crippen molar-refractivity contribution in [1.82, 2.24) is 14.5 Å². The van der Waals surface area contributed by atoms with Crippen LogP contribution in [0.1, 0.15) is 65.9 Å². The van der Waals surface area contributed by atoms with Gasteiger partial charge in [-0.1, -0.05) is 47.6 Å². The van der Waals surface area contributed by atoms with Crippen molar-refractivity contribution in [1.29, 1.82) is 0 Å². The largest absolute Gasteiger partial charge is 0.434 e. The van der Waals surface area contributed by atoms with Gasteiger partial charge in [0.25, 0.3) is 0 Å². The quantitative estimate of drug-likeness (QED) is 0.212. The van der Waals surface area contributed by atoms with Crippen LogP contribution in [-0.4, -0.2) is 62.5 Å². The molecule has 0 spiro atoms. The topological polar surface area (TPSA) is 123 Å². The van der Waals surface area contributed by atoms with Crippen LogP contribution in [-0.2, 0) is 27.2 Å². The summed E-state index contributed by atoms with van der Waals surface area (Å²) in [7, 11) is -8.98. The average Bonchev–Trinajstić information content (AvgIpc) is 3.15. The molecule has 0 amide bonds. The van der Waals surface area contributed by atoms with Gasteiger partial charge in [-0.3, -0.25) is 23.7 Å². The third-order valence-corrected chi connectivity index (χ3v) is 19.8. The van der Waals surface area contributed by atoms with Crippen molar-refractivity contribution in [3.63, 3.8) is 0 Å². The van der Waals surface area contributed by atoms with Crippen LogP contribution in [0.5, 0.6) is 0 Å². The lowest BCUT2D eigenvalue weighted by Crippen LogP contribution is -2.53. The van der Waals surface area contributed by atoms with Gasteiger partial charge in [0.05, 0.1) is 19.3 Å². The predicted octanol–water partition coefficient (Wildman–Crippen LogP) is 7.28. The van der Waals surface area contributed by atoms with E-state index in [0.29, 0.717) is 12.0 Å². The highest BCUT2D eigenvalue weighted by Crippen LogP contribution is 2.55. The zero-order valence-electron chi connectivity index (χ0n) is 27.8. The smallest absolute Gasteiger partial charge is 0.414 e. The number of ether oxygens (including phenoxy) is 1. The van der Waals surface area contributed by atoms with Gasteiger partial charge in [-0.2, -0.15) is 13.8 Å². The summed E-state index contributed by atoms with van der Waals surface area (Å²) in [6.07, 6.45) is -0.548. The summed E-state index contributed by atoms with van der Waals surface area (Å²) in [5.41, 5.74) is -0.317. The van der Waals surface area contributed by atoms with E-state index in [1.807, 2.05) is 47.0 Å². The van der Waals surface area contributed by atoms with Crippen LogP contribution in [0, 0.1) is 0 Å². The molecule has 0 aromatic carbocycles. The third kappa shape index (κ3) is 7.83. The highest BCUT2D eigenvalue weighted by atomic mass is 31.2. The van der Waals surface area contributed by atoms with Crippen LogP contribution in [0.15, 0.2) is 41.6 Å². The fraction of sp³-hybridized carbons (Fsp3) is 0.690. The zero-order chi connectivity index (χ0) is 33.6. The number of aromatic nitrogens is 3. The second-order valence-corrected chi connectivity index (χ2v) is 25.9. The molecule has 2 unspecified atom stereocenters. The minimum atomic E-state index is -3.94. The van der Waals surface area contributed by atoms with Crippen molar-refractivity contribution in [3.05, 3.63) is 52.8 Å². The Hall–Kier alpha value is -1.85. The summed E-state index contributed by atoms with van der Waals surface area (Å²) < 4.78 is 76.4. The molecule has 4 rings (SSSR count). The van der Waals surface area contributed by atoms with Crippen LogP contribution in [0.25, 0.3) is 0 Å². The number of alkyl halides is 2. The Balaban J connectivity index is 1.59. The molecule has 0 radical (unpaired) electrons. The molecule has 11 nitrogen and oxygen atoms in total. The van der Waals surface area contributed by atoms with E-state index in [1.54, 1.807) is 24.5 Å². The van der Waals surface area contributed by atoms with Gasteiger partial charge in [0, 0.05) is 25.0 Å². The molecule has 252 valence electrons. The summed E-state index contributed by atoms with van der Waals surface area (Å²) in [5.74, 6) is -3.75. The number of hydrogen-bond acceptors (Lipinski definition) is 9. The first-order valence-electron chi connectivity index (χ1n) is 15.1. The molecule has 5 atom stereocenters. The fourth-order valence-corrected chi connectivity index (χ4v) is 8.23. The van der Waals surface area contributed by atoms with E-state index in [9.17, 15) is 9.36 Å². The molecule has 2 aliphatic rings. The van der Waals surface area contributed by atoms with Gasteiger partial charge < -0.3 is 13.6 Å². The fourth-order valence-electron chi connectivity index (χ4n) is 4.43. The third-order valence-electron chi connectivity index (χ3n) is 9.29. The molecule has 4 heterocycles. The number of anilines is 1. The highest BCUT2D eigenvalue weighted by molar-refractivity contribution is 7.55. The maximum atomic E-state index is 16.3. The van der Waals surface area contributed by atoms with Gasteiger partial charge in [0.1, 0.15) is 18.0 Å². The summed E-state index contributed by atoms with van der Waals surface area (Å²) in [6.45, 7) is 20.0. The van der Waals surface area contributed by atoms with Gasteiger partial charge in [-0.15, -0.1) is 0 Å². The van der Waals surface area contributed by atoms with E-state index in [4.69, 9.17) is 22.6 Å². The summed E-state index contributed by atoms with van der Waals surface area (Å²) in [5, 5.41) is 2.05. The molecular formula is C29H47F2N4O7PSi2. The number of nitrogens with zero attached hydrogens (tertiary/aromatic N) is 3. The molecule has 2 fully saturated rings. The second kappa shape index (κ2) is 12.6. The summed E-state index contributed by atoms with van der Waals surface area (Å²) in [4.78, 5) is 21.2. The van der Waals surface area contributed by atoms with Gasteiger partial charge in [-0.25, -0.2) is 9.36 Å². The van der Waals surface area contributed by atoms with Crippen molar-refractivity contribution in [2.45, 2.75) is 115 Å². The lowest BCUT2D eigenvalue weighted by atomic mass is 10.1. The van der Waals surface area contributed by atoms with Crippen molar-refractivity contribution in [2.24, 2.45) is 0 Å². The van der Waals surface area contributed by atoms with Gasteiger partial charge >= 0.3 is 19.4 Å². The minimum absolute atomic E-state index is 0.111. The van der Waals surface area contributed by atoms with E-state index in [0.717, 1.165) is 10.8 Å². The normalized spacial score (nSPS) is 27.8. The van der Waals surface area contributed by atoms with Crippen molar-refractivity contribution >= 4 is 30.2 Å². The Labute approximate surface area is 266 Å². The van der Waals surface area contributed by atoms with Crippen LogP contribution < -0.4 is 10.8 Å². The van der Waals surface area contributed by atoms with E-state index in [-0.39, 0.29) is 29.1 Å². The Morgan fingerprint density at radius 1 is 1.11 bits per heavy atom. The van der Waals surface area contributed by atoms with Crippen LogP contribution >= 0.6 is 7.75 Å². The molecule has 45 heavy (non-hydrogen) atoms. The molecule has 0 bridgehead atoms. The maximum Gasteiger partial charge on any atom is 0.434 e. The minimum Gasteiger partial charge on any atom is -0.414 e. The number of halogens is 2. The standard InChI is InChI=1S/C29H47F2N4O7PSi2/c1-27(2,3)44(7,8)39-19-22-24(42-45(9,10)28(4,5)6)29(30,31)25(40-22)35-16-13-23(33-26(35)36)34-43(37)38-17-14-21(41-43)20-12-11-15-32-18-20/h11-13,15-16,18,21-22,24-25H,14,17,19H2,1-10H3,(H,33,34,36,37)/t21?,22-,24-,25-,43?/m1/s1. The summed E-state index contributed by atoms with van der Waals surface area (Å²) >= 11 is 0. The lowest BCUT2D eigenvalue weighted by molar-refractivity contribution is -0.138. The molecular weight excluding hydrogens is 641 g/mol. The van der Waals surface area contributed by atoms with Gasteiger partial charge in [-0.05, 0) is 54.0 Å².